The van der Waals surface area contributed by atoms with E-state index >= 15 is 0 Å². The van der Waals surface area contributed by atoms with Gasteiger partial charge >= 0.3 is 45.5 Å². The van der Waals surface area contributed by atoms with Crippen LogP contribution in [0.5, 0.6) is 0 Å². The van der Waals surface area contributed by atoms with Crippen LogP contribution in [0, 0.1) is 0 Å². The molecule has 0 rings (SSSR count). The molecule has 4 nitrogen and oxygen atoms in total. The first kappa shape index (κ1) is 15.7. The van der Waals surface area contributed by atoms with E-state index in [1.165, 1.54) is 0 Å². The molecule has 0 fully saturated rings. The van der Waals surface area contributed by atoms with E-state index in [9.17, 15) is 0 Å². The average molecular weight is 176 g/mol. The molecule has 0 heterocycles. The summed E-state index contributed by atoms with van der Waals surface area (Å²) in [6, 6.07) is 0. The number of hydrogen-bond acceptors (Lipinski definition) is 2. The van der Waals surface area contributed by atoms with Crippen molar-refractivity contribution in [2.24, 2.45) is 0 Å². The van der Waals surface area contributed by atoms with Gasteiger partial charge in [0.2, 0.25) is 0 Å². The van der Waals surface area contributed by atoms with E-state index in [2.05, 4.69) is 0 Å². The van der Waals surface area contributed by atoms with Gasteiger partial charge in [-0.3, -0.25) is 0 Å². The fourth-order valence-corrected chi connectivity index (χ4v) is 0. The molecule has 0 aromatic heterocycles. The van der Waals surface area contributed by atoms with Crippen molar-refractivity contribution in [3.05, 3.63) is 0 Å². The zero-order valence-electron chi connectivity index (χ0n) is 3.34. The maximum Gasteiger partial charge on any atom is 2.00 e. The Morgan fingerprint density at radius 2 is 0.857 bits per heavy atom. The molecule has 5 heteroatoms. The standard InChI is InChI=1S/2CO2.Sr/c2*2-1-3;/q2*-1;+2. The molecular weight excluding hydrogens is 176 g/mol. The van der Waals surface area contributed by atoms with Gasteiger partial charge in [0.15, 0.2) is 0 Å². The third kappa shape index (κ3) is 709. The second-order valence-electron chi connectivity index (χ2n) is 0.167. The minimum absolute atomic E-state index is 0. The molecule has 0 bridgehead atoms. The van der Waals surface area contributed by atoms with Gasteiger partial charge < -0.3 is 19.8 Å². The number of carbonyl (C=O) groups excluding carboxylic acids is 2. The second kappa shape index (κ2) is 32.2. The predicted molar refractivity (Wildman–Crippen MR) is 18.5 cm³/mol. The van der Waals surface area contributed by atoms with Gasteiger partial charge in [-0.2, -0.15) is 0 Å². The summed E-state index contributed by atoms with van der Waals surface area (Å²) in [5, 5.41) is 16.2. The van der Waals surface area contributed by atoms with Crippen LogP contribution in [-0.2, 0) is 19.8 Å². The maximum absolute atomic E-state index is 8.12. The first-order valence-electron chi connectivity index (χ1n) is 0.816. The van der Waals surface area contributed by atoms with Gasteiger partial charge in [-0.15, -0.1) is 0 Å². The van der Waals surface area contributed by atoms with E-state index in [0.717, 1.165) is 0 Å². The minimum atomic E-state index is 0. The van der Waals surface area contributed by atoms with Crippen LogP contribution in [0.4, 0.5) is 0 Å². The fraction of sp³-hybridized carbons (Fsp3) is 0. The topological polar surface area (TPSA) is 73.9 Å². The SMILES string of the molecule is [O][C-]=O.[O][C-]=O.[Sr+2]. The van der Waals surface area contributed by atoms with E-state index in [4.69, 9.17) is 19.8 Å². The summed E-state index contributed by atoms with van der Waals surface area (Å²) in [5.74, 6) is 0. The molecule has 0 aliphatic rings. The van der Waals surface area contributed by atoms with Gasteiger partial charge in [0, 0.05) is 0 Å². The molecule has 0 saturated heterocycles. The molecule has 0 saturated carbocycles. The molecule has 7 heavy (non-hydrogen) atoms. The Balaban J connectivity index is -0.0000000400. The van der Waals surface area contributed by atoms with Crippen LogP contribution >= 0.6 is 0 Å². The maximum atomic E-state index is 8.12. The summed E-state index contributed by atoms with van der Waals surface area (Å²) in [6.45, 7) is 0.500. The molecule has 0 atom stereocenters. The van der Waals surface area contributed by atoms with Crippen molar-refractivity contribution in [2.45, 2.75) is 0 Å². The van der Waals surface area contributed by atoms with Crippen molar-refractivity contribution in [1.29, 1.82) is 0 Å². The molecule has 0 aliphatic heterocycles. The molecule has 2 radical (unpaired) electrons. The number of hydrogen-bond donors (Lipinski definition) is 0. The Kier molecular flexibility index (Phi) is 72.0. The molecular formula is C2O4Sr. The minimum Gasteiger partial charge on any atom is -0.494 e. The largest absolute Gasteiger partial charge is 2.00 e. The molecule has 0 amide bonds. The molecule has 0 aromatic carbocycles. The van der Waals surface area contributed by atoms with Crippen molar-refractivity contribution >= 4 is 58.4 Å². The summed E-state index contributed by atoms with van der Waals surface area (Å²) in [5.41, 5.74) is 0. The van der Waals surface area contributed by atoms with Crippen molar-refractivity contribution in [2.75, 3.05) is 0 Å². The molecule has 34 valence electrons. The van der Waals surface area contributed by atoms with Crippen LogP contribution in [0.15, 0.2) is 0 Å². The molecule has 0 unspecified atom stereocenters. The summed E-state index contributed by atoms with van der Waals surface area (Å²) in [6.07, 6.45) is 0. The Morgan fingerprint density at radius 1 is 0.857 bits per heavy atom. The third-order valence-electron chi connectivity index (χ3n) is 0. The summed E-state index contributed by atoms with van der Waals surface area (Å²) < 4.78 is 0. The van der Waals surface area contributed by atoms with Crippen molar-refractivity contribution in [3.8, 4) is 0 Å². The first-order chi connectivity index (χ1) is 2.83. The molecule has 0 spiro atoms. The van der Waals surface area contributed by atoms with Crippen LogP contribution in [0.1, 0.15) is 0 Å². The monoisotopic (exact) mass is 176 g/mol. The van der Waals surface area contributed by atoms with Gasteiger partial charge in [0.25, 0.3) is 0 Å². The first-order valence-corrected chi connectivity index (χ1v) is 0.816. The van der Waals surface area contributed by atoms with E-state index in [1.54, 1.807) is 0 Å². The van der Waals surface area contributed by atoms with Gasteiger partial charge in [0.05, 0.1) is 0 Å². The van der Waals surface area contributed by atoms with Crippen LogP contribution < -0.4 is 0 Å². The Labute approximate surface area is 77.4 Å². The van der Waals surface area contributed by atoms with Gasteiger partial charge in [-0.05, 0) is 12.9 Å². The average Bonchev–Trinajstić information content (AvgIpc) is 1.39. The smallest absolute Gasteiger partial charge is 0.494 e. The van der Waals surface area contributed by atoms with E-state index in [1.807, 2.05) is 0 Å². The van der Waals surface area contributed by atoms with Gasteiger partial charge in [-0.25, -0.2) is 0 Å². The third-order valence-corrected chi connectivity index (χ3v) is 0. The molecule has 0 N–H and O–H groups in total. The normalized spacial score (nSPS) is 3.43. The van der Waals surface area contributed by atoms with Gasteiger partial charge in [0.1, 0.15) is 0 Å². The Bertz CT molecular complexity index is 30.7. The van der Waals surface area contributed by atoms with Crippen LogP contribution in [-0.4, -0.2) is 58.4 Å². The summed E-state index contributed by atoms with van der Waals surface area (Å²) >= 11 is 0. The van der Waals surface area contributed by atoms with Crippen molar-refractivity contribution < 1.29 is 19.8 Å². The predicted octanol–water partition coefficient (Wildman–Crippen LogP) is -1.41. The Morgan fingerprint density at radius 3 is 0.857 bits per heavy atom. The van der Waals surface area contributed by atoms with Gasteiger partial charge in [-0.1, -0.05) is 0 Å². The van der Waals surface area contributed by atoms with Crippen molar-refractivity contribution in [3.63, 3.8) is 0 Å². The quantitative estimate of drug-likeness (QED) is 0.335. The van der Waals surface area contributed by atoms with E-state index < -0.39 is 0 Å². The van der Waals surface area contributed by atoms with E-state index in [0.29, 0.717) is 0 Å². The van der Waals surface area contributed by atoms with E-state index in [-0.39, 0.29) is 58.4 Å². The zero-order chi connectivity index (χ0) is 5.41. The molecule has 0 aliphatic carbocycles. The molecule has 0 aromatic rings. The zero-order valence-corrected chi connectivity index (χ0v) is 6.82. The summed E-state index contributed by atoms with van der Waals surface area (Å²) in [4.78, 5) is 16.2. The number of rotatable bonds is 0. The van der Waals surface area contributed by atoms with Crippen LogP contribution in [0.2, 0.25) is 0 Å². The second-order valence-corrected chi connectivity index (χ2v) is 0.167. The van der Waals surface area contributed by atoms with Crippen LogP contribution in [0.3, 0.4) is 0 Å². The van der Waals surface area contributed by atoms with Crippen LogP contribution in [0.25, 0.3) is 0 Å². The summed E-state index contributed by atoms with van der Waals surface area (Å²) in [7, 11) is 0. The Hall–Kier alpha value is 0.421. The van der Waals surface area contributed by atoms with Crippen molar-refractivity contribution in [1.82, 2.24) is 0 Å². The fourth-order valence-electron chi connectivity index (χ4n) is 0.